The number of fused-ring (bicyclic) bond motifs is 1. The van der Waals surface area contributed by atoms with Crippen LogP contribution < -0.4 is 0 Å². The smallest absolute Gasteiger partial charge is 0.313 e. The number of carbonyl (C=O) groups excluding carboxylic acids is 1. The summed E-state index contributed by atoms with van der Waals surface area (Å²) in [5, 5.41) is 9.94. The number of nitrogens with zero attached hydrogens (tertiary/aromatic N) is 2. The molecule has 0 bridgehead atoms. The molecule has 2 aliphatic heterocycles. The van der Waals surface area contributed by atoms with Crippen molar-refractivity contribution in [2.75, 3.05) is 32.7 Å². The van der Waals surface area contributed by atoms with E-state index in [-0.39, 0.29) is 11.8 Å². The fourth-order valence-electron chi connectivity index (χ4n) is 4.68. The molecule has 5 heteroatoms. The highest BCUT2D eigenvalue weighted by atomic mass is 16.4. The monoisotopic (exact) mass is 342 g/mol. The van der Waals surface area contributed by atoms with Gasteiger partial charge in [0.2, 0.25) is 0 Å². The number of rotatable bonds is 4. The largest absolute Gasteiger partial charge is 0.481 e. The van der Waals surface area contributed by atoms with E-state index in [2.05, 4.69) is 4.90 Å². The number of carbonyl (C=O) groups is 2. The van der Waals surface area contributed by atoms with Crippen LogP contribution >= 0.6 is 0 Å². The molecule has 1 aliphatic carbocycles. The Labute approximate surface area is 148 Å². The van der Waals surface area contributed by atoms with Crippen LogP contribution in [0.1, 0.15) is 35.2 Å². The average Bonchev–Trinajstić information content (AvgIpc) is 3.06. The number of amides is 1. The molecule has 1 aromatic carbocycles. The van der Waals surface area contributed by atoms with Gasteiger partial charge in [0.05, 0.1) is 0 Å². The van der Waals surface area contributed by atoms with Gasteiger partial charge in [-0.3, -0.25) is 9.59 Å². The number of hydrogen-bond acceptors (Lipinski definition) is 3. The molecule has 3 aliphatic rings. The summed E-state index contributed by atoms with van der Waals surface area (Å²) >= 11 is 0. The van der Waals surface area contributed by atoms with E-state index in [9.17, 15) is 14.7 Å². The van der Waals surface area contributed by atoms with Crippen LogP contribution in [0.4, 0.5) is 0 Å². The van der Waals surface area contributed by atoms with Crippen LogP contribution in [0.5, 0.6) is 0 Å². The van der Waals surface area contributed by atoms with Crippen LogP contribution in [0.25, 0.3) is 0 Å². The number of aliphatic carboxylic acids is 1. The molecule has 3 fully saturated rings. The molecule has 25 heavy (non-hydrogen) atoms. The lowest BCUT2D eigenvalue weighted by Gasteiger charge is -2.31. The van der Waals surface area contributed by atoms with Crippen molar-refractivity contribution in [3.63, 3.8) is 0 Å². The first-order valence-electron chi connectivity index (χ1n) is 9.29. The third-order valence-corrected chi connectivity index (χ3v) is 6.43. The number of benzene rings is 1. The predicted molar refractivity (Wildman–Crippen MR) is 94.4 cm³/mol. The summed E-state index contributed by atoms with van der Waals surface area (Å²) in [4.78, 5) is 29.0. The summed E-state index contributed by atoms with van der Waals surface area (Å²) < 4.78 is 0. The highest BCUT2D eigenvalue weighted by Gasteiger charge is 2.58. The molecular formula is C20H26N2O3. The topological polar surface area (TPSA) is 60.9 Å². The van der Waals surface area contributed by atoms with Gasteiger partial charge in [0.15, 0.2) is 0 Å². The Balaban J connectivity index is 1.48. The number of carboxylic acid groups (broad SMARTS) is 1. The molecule has 134 valence electrons. The van der Waals surface area contributed by atoms with E-state index in [1.54, 1.807) is 4.90 Å². The van der Waals surface area contributed by atoms with Gasteiger partial charge in [-0.05, 0) is 37.8 Å². The van der Waals surface area contributed by atoms with Gasteiger partial charge in [0.1, 0.15) is 5.41 Å². The third kappa shape index (κ3) is 2.84. The van der Waals surface area contributed by atoms with E-state index < -0.39 is 11.4 Å². The summed E-state index contributed by atoms with van der Waals surface area (Å²) in [6, 6.07) is 7.53. The van der Waals surface area contributed by atoms with Crippen LogP contribution in [-0.4, -0.2) is 59.5 Å². The Morgan fingerprint density at radius 1 is 1.16 bits per heavy atom. The van der Waals surface area contributed by atoms with Crippen molar-refractivity contribution < 1.29 is 14.7 Å². The fraction of sp³-hybridized carbons (Fsp3) is 0.600. The Morgan fingerprint density at radius 2 is 1.88 bits per heavy atom. The lowest BCUT2D eigenvalue weighted by molar-refractivity contribution is -0.148. The quantitative estimate of drug-likeness (QED) is 0.912. The maximum atomic E-state index is 12.8. The maximum absolute atomic E-state index is 12.8. The van der Waals surface area contributed by atoms with Gasteiger partial charge in [-0.1, -0.05) is 24.1 Å². The van der Waals surface area contributed by atoms with Gasteiger partial charge in [0.25, 0.3) is 5.91 Å². The van der Waals surface area contributed by atoms with Crippen LogP contribution in [0.3, 0.4) is 0 Å². The van der Waals surface area contributed by atoms with Crippen molar-refractivity contribution in [2.24, 2.45) is 17.3 Å². The molecule has 0 aromatic heterocycles. The Hall–Kier alpha value is -1.88. The first-order valence-corrected chi connectivity index (χ1v) is 9.29. The molecule has 2 saturated heterocycles. The molecule has 4 rings (SSSR count). The second-order valence-electron chi connectivity index (χ2n) is 8.20. The first-order chi connectivity index (χ1) is 12.0. The van der Waals surface area contributed by atoms with Crippen LogP contribution in [0, 0.1) is 24.2 Å². The van der Waals surface area contributed by atoms with Gasteiger partial charge in [-0.15, -0.1) is 0 Å². The van der Waals surface area contributed by atoms with E-state index in [0.29, 0.717) is 25.2 Å². The lowest BCUT2D eigenvalue weighted by Crippen LogP contribution is -2.43. The molecule has 1 saturated carbocycles. The van der Waals surface area contributed by atoms with Gasteiger partial charge >= 0.3 is 5.97 Å². The molecule has 0 unspecified atom stereocenters. The number of carboxylic acids is 1. The molecular weight excluding hydrogens is 316 g/mol. The third-order valence-electron chi connectivity index (χ3n) is 6.43. The first kappa shape index (κ1) is 16.6. The lowest BCUT2D eigenvalue weighted by atomic mass is 9.81. The second-order valence-corrected chi connectivity index (χ2v) is 8.20. The molecule has 0 radical (unpaired) electrons. The number of likely N-dealkylation sites (tertiary alicyclic amines) is 2. The Bertz CT molecular complexity index is 683. The van der Waals surface area contributed by atoms with Crippen molar-refractivity contribution in [2.45, 2.75) is 26.2 Å². The highest BCUT2D eigenvalue weighted by molar-refractivity contribution is 5.95. The van der Waals surface area contributed by atoms with Gasteiger partial charge in [-0.25, -0.2) is 0 Å². The van der Waals surface area contributed by atoms with Gasteiger partial charge in [-0.2, -0.15) is 0 Å². The van der Waals surface area contributed by atoms with E-state index in [1.165, 1.54) is 19.3 Å². The van der Waals surface area contributed by atoms with Crippen molar-refractivity contribution in [1.29, 1.82) is 0 Å². The summed E-state index contributed by atoms with van der Waals surface area (Å²) in [6.07, 6.45) is 3.86. The Kier molecular flexibility index (Phi) is 4.07. The van der Waals surface area contributed by atoms with E-state index in [1.807, 2.05) is 31.2 Å². The second kappa shape index (κ2) is 6.13. The summed E-state index contributed by atoms with van der Waals surface area (Å²) in [6.45, 7) is 5.30. The SMILES string of the molecule is Cc1ccc(C(=O)N2C[C@H]3CN(CC4CCC4)C[C@@]3(C(=O)O)C2)cc1. The van der Waals surface area contributed by atoms with Crippen LogP contribution in [0.15, 0.2) is 24.3 Å². The summed E-state index contributed by atoms with van der Waals surface area (Å²) in [5.41, 5.74) is 0.977. The summed E-state index contributed by atoms with van der Waals surface area (Å²) in [5.74, 6) is 0.00261. The van der Waals surface area contributed by atoms with Crippen molar-refractivity contribution >= 4 is 11.9 Å². The van der Waals surface area contributed by atoms with Gasteiger partial charge in [0, 0.05) is 44.2 Å². The molecule has 1 aromatic rings. The van der Waals surface area contributed by atoms with Crippen LogP contribution in [-0.2, 0) is 4.79 Å². The minimum absolute atomic E-state index is 0.0411. The summed E-state index contributed by atoms with van der Waals surface area (Å²) in [7, 11) is 0. The van der Waals surface area contributed by atoms with Crippen molar-refractivity contribution in [3.05, 3.63) is 35.4 Å². The standard InChI is InChI=1S/C20H26N2O3/c1-14-5-7-16(8-6-14)18(23)22-11-17-10-21(9-15-3-2-4-15)12-20(17,13-22)19(24)25/h5-8,15,17H,2-4,9-13H2,1H3,(H,24,25)/t17-,20-/m1/s1. The molecule has 1 N–H and O–H groups in total. The van der Waals surface area contributed by atoms with Crippen LogP contribution in [0.2, 0.25) is 0 Å². The van der Waals surface area contributed by atoms with Crippen molar-refractivity contribution in [1.82, 2.24) is 9.80 Å². The zero-order valence-corrected chi connectivity index (χ0v) is 14.8. The van der Waals surface area contributed by atoms with E-state index in [0.717, 1.165) is 24.6 Å². The normalized spacial score (nSPS) is 29.5. The molecule has 2 heterocycles. The maximum Gasteiger partial charge on any atom is 0.313 e. The van der Waals surface area contributed by atoms with Crippen molar-refractivity contribution in [3.8, 4) is 0 Å². The molecule has 5 nitrogen and oxygen atoms in total. The minimum Gasteiger partial charge on any atom is -0.481 e. The average molecular weight is 342 g/mol. The zero-order valence-electron chi connectivity index (χ0n) is 14.8. The molecule has 0 spiro atoms. The Morgan fingerprint density at radius 3 is 2.44 bits per heavy atom. The molecule has 1 amide bonds. The number of hydrogen-bond donors (Lipinski definition) is 1. The number of aryl methyl sites for hydroxylation is 1. The fourth-order valence-corrected chi connectivity index (χ4v) is 4.68. The van der Waals surface area contributed by atoms with Gasteiger partial charge < -0.3 is 14.9 Å². The minimum atomic E-state index is -0.788. The zero-order chi connectivity index (χ0) is 17.6. The highest BCUT2D eigenvalue weighted by Crippen LogP contribution is 2.44. The predicted octanol–water partition coefficient (Wildman–Crippen LogP) is 2.25. The van der Waals surface area contributed by atoms with E-state index in [4.69, 9.17) is 0 Å². The van der Waals surface area contributed by atoms with E-state index >= 15 is 0 Å². The molecule has 2 atom stereocenters.